The molecule has 0 saturated carbocycles. The first-order valence-electron chi connectivity index (χ1n) is 7.92. The number of hydrogen-bond acceptors (Lipinski definition) is 4. The minimum atomic E-state index is -0.428. The van der Waals surface area contributed by atoms with Crippen LogP contribution in [-0.4, -0.2) is 48.6 Å². The van der Waals surface area contributed by atoms with E-state index in [1.807, 2.05) is 17.0 Å². The van der Waals surface area contributed by atoms with Crippen molar-refractivity contribution >= 4 is 17.3 Å². The molecule has 2 aromatic rings. The van der Waals surface area contributed by atoms with Gasteiger partial charge in [0.1, 0.15) is 11.6 Å². The Hall–Kier alpha value is -2.60. The van der Waals surface area contributed by atoms with Crippen molar-refractivity contribution in [3.63, 3.8) is 0 Å². The van der Waals surface area contributed by atoms with Crippen LogP contribution in [-0.2, 0) is 4.79 Å². The molecule has 5 nitrogen and oxygen atoms in total. The average molecular weight is 329 g/mol. The second-order valence-corrected chi connectivity index (χ2v) is 5.81. The Bertz CT molecular complexity index is 698. The molecule has 2 N–H and O–H groups in total. The molecule has 0 aromatic heterocycles. The predicted molar refractivity (Wildman–Crippen MR) is 91.8 cm³/mol. The van der Waals surface area contributed by atoms with Crippen molar-refractivity contribution in [1.82, 2.24) is 4.90 Å². The van der Waals surface area contributed by atoms with E-state index in [-0.39, 0.29) is 23.9 Å². The van der Waals surface area contributed by atoms with E-state index in [0.29, 0.717) is 0 Å². The summed E-state index contributed by atoms with van der Waals surface area (Å²) in [4.78, 5) is 16.3. The fraction of sp³-hybridized carbons (Fsp3) is 0.278. The summed E-state index contributed by atoms with van der Waals surface area (Å²) in [7, 11) is 0. The van der Waals surface area contributed by atoms with Gasteiger partial charge in [-0.3, -0.25) is 9.69 Å². The van der Waals surface area contributed by atoms with Gasteiger partial charge in [0.2, 0.25) is 5.91 Å². The summed E-state index contributed by atoms with van der Waals surface area (Å²) in [5.74, 6) is -0.386. The van der Waals surface area contributed by atoms with Gasteiger partial charge in [-0.15, -0.1) is 0 Å². The molecule has 1 aliphatic rings. The van der Waals surface area contributed by atoms with E-state index in [1.54, 1.807) is 30.3 Å². The van der Waals surface area contributed by atoms with Crippen LogP contribution in [0.4, 0.5) is 15.8 Å². The number of hydrogen-bond donors (Lipinski definition) is 2. The SMILES string of the molecule is O=C(CN1CCN(c2ccc(O)cc2)CC1)Nc1ccccc1F. The van der Waals surface area contributed by atoms with Crippen LogP contribution in [0.1, 0.15) is 0 Å². The smallest absolute Gasteiger partial charge is 0.238 e. The Morgan fingerprint density at radius 1 is 1.04 bits per heavy atom. The van der Waals surface area contributed by atoms with Crippen molar-refractivity contribution in [2.24, 2.45) is 0 Å². The molecule has 1 saturated heterocycles. The van der Waals surface area contributed by atoms with Gasteiger partial charge in [-0.05, 0) is 36.4 Å². The lowest BCUT2D eigenvalue weighted by Gasteiger charge is -2.35. The largest absolute Gasteiger partial charge is 0.508 e. The molecule has 2 aromatic carbocycles. The Kier molecular flexibility index (Phi) is 4.96. The lowest BCUT2D eigenvalue weighted by atomic mass is 10.2. The maximum absolute atomic E-state index is 13.5. The van der Waals surface area contributed by atoms with E-state index in [2.05, 4.69) is 10.2 Å². The molecular weight excluding hydrogens is 309 g/mol. The van der Waals surface area contributed by atoms with E-state index in [4.69, 9.17) is 0 Å². The van der Waals surface area contributed by atoms with E-state index in [9.17, 15) is 14.3 Å². The monoisotopic (exact) mass is 329 g/mol. The zero-order valence-electron chi connectivity index (χ0n) is 13.3. The minimum Gasteiger partial charge on any atom is -0.508 e. The molecule has 0 bridgehead atoms. The van der Waals surface area contributed by atoms with Gasteiger partial charge < -0.3 is 15.3 Å². The van der Waals surface area contributed by atoms with E-state index < -0.39 is 5.82 Å². The van der Waals surface area contributed by atoms with E-state index in [1.165, 1.54) is 6.07 Å². The molecule has 6 heteroatoms. The van der Waals surface area contributed by atoms with Crippen LogP contribution < -0.4 is 10.2 Å². The topological polar surface area (TPSA) is 55.8 Å². The van der Waals surface area contributed by atoms with Gasteiger partial charge in [-0.2, -0.15) is 0 Å². The van der Waals surface area contributed by atoms with E-state index in [0.717, 1.165) is 31.9 Å². The highest BCUT2D eigenvalue weighted by Gasteiger charge is 2.19. The van der Waals surface area contributed by atoms with Crippen LogP contribution in [0.3, 0.4) is 0 Å². The number of phenolic OH excluding ortho intramolecular Hbond substituents is 1. The van der Waals surface area contributed by atoms with Gasteiger partial charge in [0.05, 0.1) is 12.2 Å². The third kappa shape index (κ3) is 4.02. The van der Waals surface area contributed by atoms with Crippen molar-refractivity contribution in [3.8, 4) is 5.75 Å². The molecule has 126 valence electrons. The molecule has 1 aliphatic heterocycles. The van der Waals surface area contributed by atoms with Crippen molar-refractivity contribution in [2.45, 2.75) is 0 Å². The van der Waals surface area contributed by atoms with Crippen molar-refractivity contribution in [2.75, 3.05) is 42.9 Å². The maximum atomic E-state index is 13.5. The number of carbonyl (C=O) groups is 1. The average Bonchev–Trinajstić information content (AvgIpc) is 2.58. The lowest BCUT2D eigenvalue weighted by molar-refractivity contribution is -0.117. The van der Waals surface area contributed by atoms with Crippen LogP contribution in [0.2, 0.25) is 0 Å². The van der Waals surface area contributed by atoms with Crippen LogP contribution in [0.5, 0.6) is 5.75 Å². The van der Waals surface area contributed by atoms with Gasteiger partial charge in [0.25, 0.3) is 0 Å². The number of phenols is 1. The molecule has 0 aliphatic carbocycles. The zero-order valence-corrected chi connectivity index (χ0v) is 13.3. The maximum Gasteiger partial charge on any atom is 0.238 e. The zero-order chi connectivity index (χ0) is 16.9. The molecule has 1 heterocycles. The first kappa shape index (κ1) is 16.3. The number of aromatic hydroxyl groups is 1. The van der Waals surface area contributed by atoms with Gasteiger partial charge in [-0.25, -0.2) is 4.39 Å². The summed E-state index contributed by atoms with van der Waals surface area (Å²) < 4.78 is 13.5. The number of benzene rings is 2. The number of amides is 1. The lowest BCUT2D eigenvalue weighted by Crippen LogP contribution is -2.48. The summed E-state index contributed by atoms with van der Waals surface area (Å²) in [5.41, 5.74) is 1.27. The molecular formula is C18H20FN3O2. The quantitative estimate of drug-likeness (QED) is 0.904. The van der Waals surface area contributed by atoms with E-state index >= 15 is 0 Å². The number of halogens is 1. The Balaban J connectivity index is 1.49. The summed E-state index contributed by atoms with van der Waals surface area (Å²) in [6.07, 6.45) is 0. The second kappa shape index (κ2) is 7.31. The second-order valence-electron chi connectivity index (χ2n) is 5.81. The highest BCUT2D eigenvalue weighted by Crippen LogP contribution is 2.20. The first-order valence-corrected chi connectivity index (χ1v) is 7.92. The van der Waals surface area contributed by atoms with Gasteiger partial charge in [-0.1, -0.05) is 12.1 Å². The highest BCUT2D eigenvalue weighted by molar-refractivity contribution is 5.92. The molecule has 24 heavy (non-hydrogen) atoms. The number of nitrogens with one attached hydrogen (secondary N) is 1. The predicted octanol–water partition coefficient (Wildman–Crippen LogP) is 2.29. The molecule has 0 radical (unpaired) electrons. The van der Waals surface area contributed by atoms with Gasteiger partial charge in [0, 0.05) is 31.9 Å². The summed E-state index contributed by atoms with van der Waals surface area (Å²) in [5, 5.41) is 11.9. The Labute approximate surface area is 140 Å². The summed E-state index contributed by atoms with van der Waals surface area (Å²) in [6, 6.07) is 13.3. The number of para-hydroxylation sites is 1. The fourth-order valence-corrected chi connectivity index (χ4v) is 2.78. The minimum absolute atomic E-state index is 0.210. The molecule has 0 atom stereocenters. The van der Waals surface area contributed by atoms with Crippen molar-refractivity contribution in [1.29, 1.82) is 0 Å². The van der Waals surface area contributed by atoms with Crippen LogP contribution in [0.25, 0.3) is 0 Å². The third-order valence-corrected chi connectivity index (χ3v) is 4.10. The summed E-state index contributed by atoms with van der Waals surface area (Å²) >= 11 is 0. The molecule has 1 amide bonds. The van der Waals surface area contributed by atoms with Gasteiger partial charge >= 0.3 is 0 Å². The molecule has 0 spiro atoms. The van der Waals surface area contributed by atoms with Crippen molar-refractivity contribution in [3.05, 3.63) is 54.3 Å². The van der Waals surface area contributed by atoms with Crippen LogP contribution >= 0.6 is 0 Å². The van der Waals surface area contributed by atoms with Crippen LogP contribution in [0.15, 0.2) is 48.5 Å². The fourth-order valence-electron chi connectivity index (χ4n) is 2.78. The van der Waals surface area contributed by atoms with Gasteiger partial charge in [0.15, 0.2) is 0 Å². The van der Waals surface area contributed by atoms with Crippen molar-refractivity contribution < 1.29 is 14.3 Å². The molecule has 1 fully saturated rings. The molecule has 3 rings (SSSR count). The number of nitrogens with zero attached hydrogens (tertiary/aromatic N) is 2. The number of carbonyl (C=O) groups excluding carboxylic acids is 1. The first-order chi connectivity index (χ1) is 11.6. The van der Waals surface area contributed by atoms with Crippen LogP contribution in [0, 0.1) is 5.82 Å². The third-order valence-electron chi connectivity index (χ3n) is 4.10. The Morgan fingerprint density at radius 2 is 1.71 bits per heavy atom. The Morgan fingerprint density at radius 3 is 2.38 bits per heavy atom. The molecule has 0 unspecified atom stereocenters. The standard InChI is InChI=1S/C18H20FN3O2/c19-16-3-1-2-4-17(16)20-18(24)13-21-9-11-22(12-10-21)14-5-7-15(23)8-6-14/h1-8,23H,9-13H2,(H,20,24). The normalized spacial score (nSPS) is 15.3. The number of rotatable bonds is 4. The highest BCUT2D eigenvalue weighted by atomic mass is 19.1. The number of anilines is 2. The summed E-state index contributed by atoms with van der Waals surface area (Å²) in [6.45, 7) is 3.37. The number of piperazine rings is 1.